The molecule has 0 spiro atoms. The van der Waals surface area contributed by atoms with Gasteiger partial charge in [0.1, 0.15) is 6.04 Å². The molecule has 1 fully saturated rings. The molecule has 5 rings (SSSR count). The Labute approximate surface area is 401 Å². The van der Waals surface area contributed by atoms with E-state index in [0.29, 0.717) is 61.9 Å². The topological polar surface area (TPSA) is 350 Å². The molecule has 0 radical (unpaired) electrons. The molecule has 1 aliphatic heterocycles. The van der Waals surface area contributed by atoms with Crippen LogP contribution < -0.4 is 47.9 Å². The molecule has 2 aromatic carbocycles. The third-order valence-electron chi connectivity index (χ3n) is 10.9. The van der Waals surface area contributed by atoms with Crippen molar-refractivity contribution in [3.05, 3.63) is 81.9 Å². The van der Waals surface area contributed by atoms with Crippen molar-refractivity contribution in [1.29, 1.82) is 0 Å². The Balaban J connectivity index is 1.02. The lowest BCUT2D eigenvalue weighted by molar-refractivity contribution is -0.308. The fraction of sp³-hybridized carbons (Fsp3) is 0.432. The molecular formula is C44H54N13O11S-3. The number of thiocarbonyl (C=S) groups is 1. The van der Waals surface area contributed by atoms with E-state index in [0.717, 1.165) is 11.3 Å². The standard InChI is InChI=1S/C44H57N13O11S/c45-44-52-40-39(42(66)53-44)50-32(23-48-40)22-47-30-9-5-29(6-10-30)41(65)51-33(43(67)68)11-12-34(58)46-13-1-2-35(69)49-31-7-3-28(4-8-31)24-54-14-16-55(25-36(59)60)18-20-57(27-38(63)64)21-19-56(17-15-54)26-37(61)62/h3-10,23,33,47H,1-2,11-22,24-27H2,(H,46,58)(H,49,69)(H,51,65)(H,59,60)(H,61,62)(H,63,64)(H,67,68)(H3,45,48,52,53,66)/p-3/t33-/m0/s1. The van der Waals surface area contributed by atoms with Crippen molar-refractivity contribution in [2.24, 2.45) is 0 Å². The number of nitrogen functional groups attached to an aromatic ring is 1. The number of carboxylic acid groups (broad SMARTS) is 4. The maximum Gasteiger partial charge on any atom is 0.326 e. The number of H-pyrrole nitrogens is 1. The van der Waals surface area contributed by atoms with Crippen LogP contribution in [0, 0.1) is 0 Å². The van der Waals surface area contributed by atoms with Gasteiger partial charge in [0, 0.05) is 108 Å². The van der Waals surface area contributed by atoms with Crippen molar-refractivity contribution in [2.75, 3.05) is 94.9 Å². The first kappa shape index (κ1) is 52.8. The monoisotopic (exact) mass is 972 g/mol. The summed E-state index contributed by atoms with van der Waals surface area (Å²) >= 11 is 5.52. The van der Waals surface area contributed by atoms with Gasteiger partial charge >= 0.3 is 5.97 Å². The number of nitrogens with one attached hydrogen (secondary N) is 5. The molecule has 0 saturated carbocycles. The zero-order valence-electron chi connectivity index (χ0n) is 37.6. The Morgan fingerprint density at radius 2 is 1.32 bits per heavy atom. The maximum absolute atomic E-state index is 12.9. The van der Waals surface area contributed by atoms with Crippen LogP contribution in [-0.2, 0) is 37.1 Å². The number of carbonyl (C=O) groups is 6. The smallest absolute Gasteiger partial charge is 0.326 e. The number of benzene rings is 2. The Kier molecular flexibility index (Phi) is 20.2. The number of hydrogen-bond acceptors (Lipinski definition) is 20. The molecule has 2 aromatic heterocycles. The quantitative estimate of drug-likeness (QED) is 0.0293. The molecule has 24 nitrogen and oxygen atoms in total. The first-order valence-electron chi connectivity index (χ1n) is 22.0. The van der Waals surface area contributed by atoms with E-state index in [1.165, 1.54) is 18.3 Å². The number of aliphatic carboxylic acids is 4. The maximum atomic E-state index is 12.9. The first-order chi connectivity index (χ1) is 33.0. The third kappa shape index (κ3) is 18.4. The summed E-state index contributed by atoms with van der Waals surface area (Å²) in [5, 5.41) is 55.6. The number of nitrogens with two attached hydrogens (primary N) is 1. The molecule has 1 aliphatic rings. The van der Waals surface area contributed by atoms with Gasteiger partial charge in [-0.05, 0) is 61.2 Å². The SMILES string of the molecule is Nc1nc2ncc(CNc3ccc(C(=O)N[C@@H](CCC(=O)NCCCC(=S)Nc4ccc(CN5CCN(CC(=O)[O-])CCN(CC(=O)[O-])CCN(CC(=O)[O-])CC5)cc4)C(=O)O)cc3)nc2c(=O)[nH]1. The lowest BCUT2D eigenvalue weighted by Gasteiger charge is -2.34. The summed E-state index contributed by atoms with van der Waals surface area (Å²) in [6.07, 6.45) is 2.09. The Bertz CT molecular complexity index is 2460. The van der Waals surface area contributed by atoms with E-state index in [-0.39, 0.29) is 94.4 Å². The normalized spacial score (nSPS) is 15.0. The first-order valence-corrected chi connectivity index (χ1v) is 22.4. The van der Waals surface area contributed by atoms with Crippen molar-refractivity contribution >= 4 is 81.4 Å². The van der Waals surface area contributed by atoms with E-state index >= 15 is 0 Å². The van der Waals surface area contributed by atoms with Crippen LogP contribution in [0.15, 0.2) is 59.5 Å². The molecule has 1 atom stereocenters. The molecule has 0 unspecified atom stereocenters. The fourth-order valence-electron chi connectivity index (χ4n) is 7.26. The summed E-state index contributed by atoms with van der Waals surface area (Å²) in [6, 6.07) is 12.4. The molecule has 8 N–H and O–H groups in total. The van der Waals surface area contributed by atoms with E-state index in [2.05, 4.69) is 46.1 Å². The van der Waals surface area contributed by atoms with Crippen molar-refractivity contribution < 1.29 is 49.2 Å². The van der Waals surface area contributed by atoms with E-state index in [9.17, 15) is 54.0 Å². The van der Waals surface area contributed by atoms with E-state index in [1.54, 1.807) is 26.8 Å². The second-order valence-corrected chi connectivity index (χ2v) is 16.7. The highest BCUT2D eigenvalue weighted by molar-refractivity contribution is 7.80. The van der Waals surface area contributed by atoms with Crippen LogP contribution in [0.5, 0.6) is 0 Å². The van der Waals surface area contributed by atoms with Gasteiger partial charge in [-0.2, -0.15) is 4.98 Å². The van der Waals surface area contributed by atoms with Gasteiger partial charge < -0.3 is 61.8 Å². The lowest BCUT2D eigenvalue weighted by atomic mass is 10.1. The predicted octanol–water partition coefficient (Wildman–Crippen LogP) is -3.82. The van der Waals surface area contributed by atoms with Crippen molar-refractivity contribution in [3.8, 4) is 0 Å². The van der Waals surface area contributed by atoms with E-state index in [1.807, 2.05) is 24.3 Å². The summed E-state index contributed by atoms with van der Waals surface area (Å²) in [6.45, 7) is 2.44. The van der Waals surface area contributed by atoms with E-state index in [4.69, 9.17) is 18.0 Å². The van der Waals surface area contributed by atoms with Gasteiger partial charge in [-0.15, -0.1) is 0 Å². The summed E-state index contributed by atoms with van der Waals surface area (Å²) in [5.74, 6) is -6.20. The van der Waals surface area contributed by atoms with Crippen LogP contribution >= 0.6 is 12.2 Å². The lowest BCUT2D eigenvalue weighted by Crippen LogP contribution is -2.51. The molecule has 3 heterocycles. The van der Waals surface area contributed by atoms with Gasteiger partial charge in [0.05, 0.1) is 41.3 Å². The van der Waals surface area contributed by atoms with Crippen LogP contribution in [0.25, 0.3) is 11.2 Å². The number of anilines is 3. The van der Waals surface area contributed by atoms with Gasteiger partial charge in [-0.3, -0.25) is 39.0 Å². The van der Waals surface area contributed by atoms with Gasteiger partial charge in [-0.25, -0.2) is 14.8 Å². The predicted molar refractivity (Wildman–Crippen MR) is 249 cm³/mol. The van der Waals surface area contributed by atoms with Gasteiger partial charge in [0.25, 0.3) is 11.5 Å². The number of amides is 2. The van der Waals surface area contributed by atoms with E-state index < -0.39 is 47.3 Å². The summed E-state index contributed by atoms with van der Waals surface area (Å²) < 4.78 is 0. The second-order valence-electron chi connectivity index (χ2n) is 16.2. The highest BCUT2D eigenvalue weighted by Gasteiger charge is 2.22. The average Bonchev–Trinajstić information content (AvgIpc) is 3.29. The summed E-state index contributed by atoms with van der Waals surface area (Å²) in [4.78, 5) is 106. The average molecular weight is 973 g/mol. The molecule has 69 heavy (non-hydrogen) atoms. The molecule has 370 valence electrons. The largest absolute Gasteiger partial charge is 0.549 e. The Morgan fingerprint density at radius 1 is 0.768 bits per heavy atom. The number of nitrogens with zero attached hydrogens (tertiary/aromatic N) is 7. The second kappa shape index (κ2) is 26.4. The summed E-state index contributed by atoms with van der Waals surface area (Å²) in [5.41, 5.74) is 8.10. The van der Waals surface area contributed by atoms with Crippen LogP contribution in [0.4, 0.5) is 17.3 Å². The Hall–Kier alpha value is -7.19. The van der Waals surface area contributed by atoms with Crippen LogP contribution in [0.3, 0.4) is 0 Å². The minimum atomic E-state index is -1.32. The Morgan fingerprint density at radius 3 is 1.87 bits per heavy atom. The fourth-order valence-corrected chi connectivity index (χ4v) is 7.52. The number of carbonyl (C=O) groups excluding carboxylic acids is 5. The number of aromatic nitrogens is 4. The highest BCUT2D eigenvalue weighted by atomic mass is 32.1. The van der Waals surface area contributed by atoms with Crippen LogP contribution in [-0.4, -0.2) is 170 Å². The molecule has 1 saturated heterocycles. The zero-order chi connectivity index (χ0) is 49.9. The molecule has 2 amide bonds. The number of fused-ring (bicyclic) bond motifs is 1. The van der Waals surface area contributed by atoms with Crippen LogP contribution in [0.1, 0.15) is 47.3 Å². The van der Waals surface area contributed by atoms with Crippen LogP contribution in [0.2, 0.25) is 0 Å². The molecule has 0 bridgehead atoms. The molecule has 4 aromatic rings. The van der Waals surface area contributed by atoms with Crippen molar-refractivity contribution in [3.63, 3.8) is 0 Å². The molecule has 0 aliphatic carbocycles. The van der Waals surface area contributed by atoms with Crippen molar-refractivity contribution in [1.82, 2.24) is 50.2 Å². The minimum Gasteiger partial charge on any atom is -0.549 e. The highest BCUT2D eigenvalue weighted by Crippen LogP contribution is 2.15. The van der Waals surface area contributed by atoms with Crippen molar-refractivity contribution in [2.45, 2.75) is 44.8 Å². The number of rotatable bonds is 22. The molecule has 25 heteroatoms. The third-order valence-corrected chi connectivity index (χ3v) is 11.2. The number of hydrogen-bond donors (Lipinski definition) is 7. The van der Waals surface area contributed by atoms with Gasteiger partial charge in [0.2, 0.25) is 11.9 Å². The van der Waals surface area contributed by atoms with Gasteiger partial charge in [0.15, 0.2) is 11.2 Å². The molecular weight excluding hydrogens is 919 g/mol. The number of carboxylic acids is 4. The number of aromatic amines is 1. The summed E-state index contributed by atoms with van der Waals surface area (Å²) in [7, 11) is 0. The van der Waals surface area contributed by atoms with Gasteiger partial charge in [-0.1, -0.05) is 24.4 Å². The zero-order valence-corrected chi connectivity index (χ0v) is 38.5. The minimum absolute atomic E-state index is 0.0361.